The van der Waals surface area contributed by atoms with E-state index in [1.807, 2.05) is 12.3 Å². The number of hydrogen-bond acceptors (Lipinski definition) is 2. The molecule has 0 aliphatic heterocycles. The summed E-state index contributed by atoms with van der Waals surface area (Å²) < 4.78 is 0. The molecule has 0 amide bonds. The molecule has 0 atom stereocenters. The fourth-order valence-corrected chi connectivity index (χ4v) is 1.87. The molecule has 2 rings (SSSR count). The zero-order chi connectivity index (χ0) is 10.5. The maximum absolute atomic E-state index is 3.38. The van der Waals surface area contributed by atoms with Gasteiger partial charge >= 0.3 is 0 Å². The number of aromatic nitrogens is 1. The van der Waals surface area contributed by atoms with Crippen molar-refractivity contribution < 1.29 is 0 Å². The molecule has 0 saturated carbocycles. The highest BCUT2D eigenvalue weighted by Gasteiger charge is 1.95. The van der Waals surface area contributed by atoms with Gasteiger partial charge in [-0.05, 0) is 36.6 Å². The molecule has 1 heterocycles. The molecule has 2 aromatic rings. The van der Waals surface area contributed by atoms with Crippen molar-refractivity contribution in [2.75, 3.05) is 11.6 Å². The van der Waals surface area contributed by atoms with E-state index in [0.29, 0.717) is 0 Å². The van der Waals surface area contributed by atoms with Crippen molar-refractivity contribution in [3.63, 3.8) is 0 Å². The van der Waals surface area contributed by atoms with Crippen molar-refractivity contribution in [2.24, 2.45) is 0 Å². The van der Waals surface area contributed by atoms with Gasteiger partial charge in [-0.3, -0.25) is 0 Å². The zero-order valence-electron chi connectivity index (χ0n) is 8.66. The average Bonchev–Trinajstić information content (AvgIpc) is 2.79. The summed E-state index contributed by atoms with van der Waals surface area (Å²) in [5.41, 5.74) is 2.36. The molecule has 15 heavy (non-hydrogen) atoms. The molecule has 0 saturated heterocycles. The summed E-state index contributed by atoms with van der Waals surface area (Å²) in [6, 6.07) is 12.5. The third-order valence-electron chi connectivity index (χ3n) is 2.22. The molecule has 1 aromatic carbocycles. The van der Waals surface area contributed by atoms with Crippen LogP contribution < -0.4 is 5.32 Å². The van der Waals surface area contributed by atoms with Gasteiger partial charge in [-0.25, -0.2) is 0 Å². The third-order valence-corrected chi connectivity index (χ3v) is 2.94. The Hall–Kier alpha value is -1.35. The van der Waals surface area contributed by atoms with Crippen molar-refractivity contribution in [1.29, 1.82) is 0 Å². The molecule has 0 fully saturated rings. The smallest absolute Gasteiger partial charge is 0.0551 e. The van der Waals surface area contributed by atoms with E-state index in [-0.39, 0.29) is 0 Å². The van der Waals surface area contributed by atoms with Crippen molar-refractivity contribution >= 4 is 17.4 Å². The summed E-state index contributed by atoms with van der Waals surface area (Å²) in [5.74, 6) is 0. The first-order chi connectivity index (χ1) is 7.38. The van der Waals surface area contributed by atoms with Crippen molar-refractivity contribution in [3.8, 4) is 0 Å². The molecule has 0 unspecified atom stereocenters. The molecule has 3 heteroatoms. The van der Waals surface area contributed by atoms with Crippen LogP contribution in [-0.2, 0) is 6.54 Å². The van der Waals surface area contributed by atoms with E-state index < -0.39 is 0 Å². The highest BCUT2D eigenvalue weighted by molar-refractivity contribution is 7.98. The van der Waals surface area contributed by atoms with Gasteiger partial charge in [0.1, 0.15) is 0 Å². The minimum absolute atomic E-state index is 0.838. The lowest BCUT2D eigenvalue weighted by molar-refractivity contribution is 1.07. The molecular weight excluding hydrogens is 204 g/mol. The van der Waals surface area contributed by atoms with Crippen LogP contribution in [0, 0.1) is 0 Å². The summed E-state index contributed by atoms with van der Waals surface area (Å²) in [4.78, 5) is 4.45. The number of anilines is 1. The van der Waals surface area contributed by atoms with Crippen LogP contribution in [0.25, 0.3) is 0 Å². The van der Waals surface area contributed by atoms with Crippen LogP contribution in [0.3, 0.4) is 0 Å². The Morgan fingerprint density at radius 2 is 2.20 bits per heavy atom. The standard InChI is InChI=1S/C12H14N2S/c1-15-12-6-2-4-10(8-12)14-9-11-5-3-7-13-11/h2-8,13-14H,9H2,1H3. The SMILES string of the molecule is CSc1cccc(NCc2ccc[nH]2)c1. The van der Waals surface area contributed by atoms with E-state index in [2.05, 4.69) is 46.9 Å². The maximum Gasteiger partial charge on any atom is 0.0551 e. The molecule has 0 aliphatic rings. The quantitative estimate of drug-likeness (QED) is 0.770. The molecular formula is C12H14N2S. The van der Waals surface area contributed by atoms with Crippen molar-refractivity contribution in [2.45, 2.75) is 11.4 Å². The lowest BCUT2D eigenvalue weighted by Crippen LogP contribution is -1.99. The molecule has 0 spiro atoms. The van der Waals surface area contributed by atoms with Gasteiger partial charge in [-0.1, -0.05) is 6.07 Å². The van der Waals surface area contributed by atoms with E-state index in [9.17, 15) is 0 Å². The van der Waals surface area contributed by atoms with E-state index in [0.717, 1.165) is 12.2 Å². The monoisotopic (exact) mass is 218 g/mol. The predicted molar refractivity (Wildman–Crippen MR) is 66.3 cm³/mol. The second-order valence-corrected chi connectivity index (χ2v) is 4.16. The summed E-state index contributed by atoms with van der Waals surface area (Å²) >= 11 is 1.76. The van der Waals surface area contributed by atoms with Crippen LogP contribution in [0.5, 0.6) is 0 Å². The Labute approximate surface area is 94.1 Å². The number of hydrogen-bond donors (Lipinski definition) is 2. The minimum atomic E-state index is 0.838. The van der Waals surface area contributed by atoms with Crippen LogP contribution in [0.1, 0.15) is 5.69 Å². The average molecular weight is 218 g/mol. The van der Waals surface area contributed by atoms with Gasteiger partial charge < -0.3 is 10.3 Å². The van der Waals surface area contributed by atoms with Gasteiger partial charge in [0.2, 0.25) is 0 Å². The highest BCUT2D eigenvalue weighted by atomic mass is 32.2. The van der Waals surface area contributed by atoms with Gasteiger partial charge in [0.05, 0.1) is 6.54 Å². The zero-order valence-corrected chi connectivity index (χ0v) is 9.47. The van der Waals surface area contributed by atoms with E-state index in [1.54, 1.807) is 11.8 Å². The Morgan fingerprint density at radius 1 is 1.27 bits per heavy atom. The van der Waals surface area contributed by atoms with Crippen LogP contribution in [0.2, 0.25) is 0 Å². The van der Waals surface area contributed by atoms with Crippen molar-refractivity contribution in [3.05, 3.63) is 48.3 Å². The van der Waals surface area contributed by atoms with Crippen LogP contribution in [-0.4, -0.2) is 11.2 Å². The van der Waals surface area contributed by atoms with Gasteiger partial charge in [0.25, 0.3) is 0 Å². The Morgan fingerprint density at radius 3 is 2.93 bits per heavy atom. The van der Waals surface area contributed by atoms with Gasteiger partial charge in [-0.15, -0.1) is 11.8 Å². The van der Waals surface area contributed by atoms with E-state index in [4.69, 9.17) is 0 Å². The Bertz CT molecular complexity index is 409. The topological polar surface area (TPSA) is 27.8 Å². The van der Waals surface area contributed by atoms with E-state index in [1.165, 1.54) is 10.6 Å². The van der Waals surface area contributed by atoms with Crippen LogP contribution in [0.4, 0.5) is 5.69 Å². The number of thioether (sulfide) groups is 1. The number of benzene rings is 1. The second-order valence-electron chi connectivity index (χ2n) is 3.28. The first-order valence-corrected chi connectivity index (χ1v) is 6.11. The summed E-state index contributed by atoms with van der Waals surface area (Å²) in [5, 5.41) is 3.38. The molecule has 0 bridgehead atoms. The molecule has 0 aliphatic carbocycles. The Kier molecular flexibility index (Phi) is 3.35. The fraction of sp³-hybridized carbons (Fsp3) is 0.167. The minimum Gasteiger partial charge on any atom is -0.379 e. The van der Waals surface area contributed by atoms with Gasteiger partial charge in [-0.2, -0.15) is 0 Å². The highest BCUT2D eigenvalue weighted by Crippen LogP contribution is 2.19. The number of nitrogens with one attached hydrogen (secondary N) is 2. The summed E-state index contributed by atoms with van der Waals surface area (Å²) in [6.07, 6.45) is 4.03. The molecule has 1 aromatic heterocycles. The fourth-order valence-electron chi connectivity index (χ4n) is 1.41. The number of aromatic amines is 1. The lowest BCUT2D eigenvalue weighted by atomic mass is 10.3. The van der Waals surface area contributed by atoms with Gasteiger partial charge in [0.15, 0.2) is 0 Å². The Balaban J connectivity index is 1.98. The first kappa shape index (κ1) is 10.2. The largest absolute Gasteiger partial charge is 0.379 e. The second kappa shape index (κ2) is 4.94. The normalized spacial score (nSPS) is 10.2. The van der Waals surface area contributed by atoms with E-state index >= 15 is 0 Å². The predicted octanol–water partition coefficient (Wildman–Crippen LogP) is 3.35. The maximum atomic E-state index is 3.38. The first-order valence-electron chi connectivity index (χ1n) is 4.88. The van der Waals surface area contributed by atoms with Crippen LogP contribution >= 0.6 is 11.8 Å². The lowest BCUT2D eigenvalue weighted by Gasteiger charge is -2.06. The van der Waals surface area contributed by atoms with Gasteiger partial charge in [0, 0.05) is 22.5 Å². The number of H-pyrrole nitrogens is 1. The van der Waals surface area contributed by atoms with Crippen LogP contribution in [0.15, 0.2) is 47.5 Å². The summed E-state index contributed by atoms with van der Waals surface area (Å²) in [7, 11) is 0. The summed E-state index contributed by atoms with van der Waals surface area (Å²) in [6.45, 7) is 0.838. The molecule has 78 valence electrons. The third kappa shape index (κ3) is 2.80. The number of rotatable bonds is 4. The molecule has 2 nitrogen and oxygen atoms in total. The van der Waals surface area contributed by atoms with Crippen molar-refractivity contribution in [1.82, 2.24) is 4.98 Å². The molecule has 2 N–H and O–H groups in total. The molecule has 0 radical (unpaired) electrons.